The molecular formula is C14H17NOS. The van der Waals surface area contributed by atoms with E-state index in [0.29, 0.717) is 11.4 Å². The summed E-state index contributed by atoms with van der Waals surface area (Å²) in [5.74, 6) is 1.07. The SMILES string of the molecule is CC(SCC1CCCO1)c1ccc(C#N)cc1. The van der Waals surface area contributed by atoms with Crippen molar-refractivity contribution in [3.63, 3.8) is 0 Å². The lowest BCUT2D eigenvalue weighted by Crippen LogP contribution is -2.09. The Balaban J connectivity index is 1.85. The van der Waals surface area contributed by atoms with Gasteiger partial charge in [-0.25, -0.2) is 0 Å². The lowest BCUT2D eigenvalue weighted by Gasteiger charge is -2.14. The van der Waals surface area contributed by atoms with Crippen molar-refractivity contribution in [3.8, 4) is 6.07 Å². The van der Waals surface area contributed by atoms with Crippen LogP contribution in [0.5, 0.6) is 0 Å². The molecule has 90 valence electrons. The van der Waals surface area contributed by atoms with Crippen LogP contribution in [0.25, 0.3) is 0 Å². The lowest BCUT2D eigenvalue weighted by atomic mass is 10.1. The van der Waals surface area contributed by atoms with Crippen LogP contribution in [0, 0.1) is 11.3 Å². The molecular weight excluding hydrogens is 230 g/mol. The van der Waals surface area contributed by atoms with Crippen molar-refractivity contribution >= 4 is 11.8 Å². The van der Waals surface area contributed by atoms with Crippen molar-refractivity contribution < 1.29 is 4.74 Å². The van der Waals surface area contributed by atoms with Crippen LogP contribution in [-0.2, 0) is 4.74 Å². The lowest BCUT2D eigenvalue weighted by molar-refractivity contribution is 0.129. The van der Waals surface area contributed by atoms with E-state index in [2.05, 4.69) is 13.0 Å². The molecule has 0 radical (unpaired) electrons. The standard InChI is InChI=1S/C14H17NOS/c1-11(17-10-14-3-2-8-16-14)13-6-4-12(9-15)5-7-13/h4-7,11,14H,2-3,8,10H2,1H3. The first kappa shape index (κ1) is 12.5. The first-order chi connectivity index (χ1) is 8.29. The van der Waals surface area contributed by atoms with Crippen molar-refractivity contribution in [3.05, 3.63) is 35.4 Å². The molecule has 0 saturated carbocycles. The van der Waals surface area contributed by atoms with Crippen molar-refractivity contribution in [1.82, 2.24) is 0 Å². The Morgan fingerprint density at radius 2 is 2.24 bits per heavy atom. The third-order valence-corrected chi connectivity index (χ3v) is 4.40. The summed E-state index contributed by atoms with van der Waals surface area (Å²) in [6.07, 6.45) is 2.85. The summed E-state index contributed by atoms with van der Waals surface area (Å²) in [6, 6.07) is 10.0. The molecule has 0 N–H and O–H groups in total. The molecule has 0 aromatic heterocycles. The minimum absolute atomic E-state index is 0.445. The highest BCUT2D eigenvalue weighted by Crippen LogP contribution is 2.30. The van der Waals surface area contributed by atoms with Gasteiger partial charge in [0.2, 0.25) is 0 Å². The average molecular weight is 247 g/mol. The van der Waals surface area contributed by atoms with E-state index in [0.717, 1.165) is 17.9 Å². The Hall–Kier alpha value is -0.980. The smallest absolute Gasteiger partial charge is 0.0991 e. The second kappa shape index (κ2) is 6.09. The van der Waals surface area contributed by atoms with Gasteiger partial charge in [0.15, 0.2) is 0 Å². The van der Waals surface area contributed by atoms with Crippen LogP contribution in [-0.4, -0.2) is 18.5 Å². The molecule has 1 aromatic carbocycles. The fourth-order valence-corrected chi connectivity index (χ4v) is 3.07. The quantitative estimate of drug-likeness (QED) is 0.816. The minimum Gasteiger partial charge on any atom is -0.377 e. The number of ether oxygens (including phenoxy) is 1. The molecule has 0 amide bonds. The summed E-state index contributed by atoms with van der Waals surface area (Å²) in [6.45, 7) is 3.14. The first-order valence-corrected chi connectivity index (χ1v) is 7.08. The zero-order valence-electron chi connectivity index (χ0n) is 10.1. The highest BCUT2D eigenvalue weighted by molar-refractivity contribution is 7.99. The molecule has 2 unspecified atom stereocenters. The largest absolute Gasteiger partial charge is 0.377 e. The van der Waals surface area contributed by atoms with Crippen molar-refractivity contribution in [2.45, 2.75) is 31.1 Å². The Morgan fingerprint density at radius 1 is 1.47 bits per heavy atom. The van der Waals surface area contributed by atoms with Crippen LogP contribution in [0.2, 0.25) is 0 Å². The van der Waals surface area contributed by atoms with Gasteiger partial charge in [-0.1, -0.05) is 12.1 Å². The predicted molar refractivity (Wildman–Crippen MR) is 71.0 cm³/mol. The molecule has 1 aliphatic rings. The van der Waals surface area contributed by atoms with Gasteiger partial charge in [0.25, 0.3) is 0 Å². The molecule has 2 atom stereocenters. The Morgan fingerprint density at radius 3 is 2.82 bits per heavy atom. The summed E-state index contributed by atoms with van der Waals surface area (Å²) >= 11 is 1.93. The van der Waals surface area contributed by atoms with Gasteiger partial charge in [-0.05, 0) is 37.5 Å². The number of nitrogens with zero attached hydrogens (tertiary/aromatic N) is 1. The van der Waals surface area contributed by atoms with E-state index in [9.17, 15) is 0 Å². The zero-order valence-corrected chi connectivity index (χ0v) is 10.9. The highest BCUT2D eigenvalue weighted by atomic mass is 32.2. The van der Waals surface area contributed by atoms with E-state index in [1.54, 1.807) is 0 Å². The fraction of sp³-hybridized carbons (Fsp3) is 0.500. The topological polar surface area (TPSA) is 33.0 Å². The van der Waals surface area contributed by atoms with Crippen LogP contribution >= 0.6 is 11.8 Å². The van der Waals surface area contributed by atoms with E-state index in [4.69, 9.17) is 10.00 Å². The molecule has 0 aliphatic carbocycles. The van der Waals surface area contributed by atoms with Crippen LogP contribution < -0.4 is 0 Å². The molecule has 2 nitrogen and oxygen atoms in total. The second-order valence-corrected chi connectivity index (χ2v) is 5.72. The van der Waals surface area contributed by atoms with Gasteiger partial charge in [-0.2, -0.15) is 17.0 Å². The molecule has 17 heavy (non-hydrogen) atoms. The van der Waals surface area contributed by atoms with E-state index in [1.165, 1.54) is 18.4 Å². The molecule has 0 spiro atoms. The van der Waals surface area contributed by atoms with Crippen LogP contribution in [0.3, 0.4) is 0 Å². The normalized spacial score (nSPS) is 21.1. The van der Waals surface area contributed by atoms with Gasteiger partial charge in [0.1, 0.15) is 0 Å². The van der Waals surface area contributed by atoms with E-state index < -0.39 is 0 Å². The van der Waals surface area contributed by atoms with Crippen molar-refractivity contribution in [2.24, 2.45) is 0 Å². The number of benzene rings is 1. The average Bonchev–Trinajstić information content (AvgIpc) is 2.89. The van der Waals surface area contributed by atoms with E-state index in [1.807, 2.05) is 36.0 Å². The van der Waals surface area contributed by atoms with Gasteiger partial charge in [0, 0.05) is 17.6 Å². The minimum atomic E-state index is 0.445. The Labute approximate surface area is 107 Å². The van der Waals surface area contributed by atoms with E-state index in [-0.39, 0.29) is 0 Å². The zero-order chi connectivity index (χ0) is 12.1. The summed E-state index contributed by atoms with van der Waals surface area (Å²) in [4.78, 5) is 0. The maximum atomic E-state index is 8.74. The van der Waals surface area contributed by atoms with Gasteiger partial charge in [-0.3, -0.25) is 0 Å². The third kappa shape index (κ3) is 3.49. The summed E-state index contributed by atoms with van der Waals surface area (Å²) < 4.78 is 5.61. The number of hydrogen-bond donors (Lipinski definition) is 0. The van der Waals surface area contributed by atoms with Crippen molar-refractivity contribution in [2.75, 3.05) is 12.4 Å². The van der Waals surface area contributed by atoms with E-state index >= 15 is 0 Å². The highest BCUT2D eigenvalue weighted by Gasteiger charge is 2.17. The van der Waals surface area contributed by atoms with Crippen molar-refractivity contribution in [1.29, 1.82) is 5.26 Å². The molecule has 1 aromatic rings. The third-order valence-electron chi connectivity index (χ3n) is 3.07. The molecule has 1 fully saturated rings. The summed E-state index contributed by atoms with van der Waals surface area (Å²) in [7, 11) is 0. The van der Waals surface area contributed by atoms with Gasteiger partial charge < -0.3 is 4.74 Å². The van der Waals surface area contributed by atoms with Gasteiger partial charge in [-0.15, -0.1) is 0 Å². The molecule has 0 bridgehead atoms. The Kier molecular flexibility index (Phi) is 4.47. The molecule has 3 heteroatoms. The maximum absolute atomic E-state index is 8.74. The molecule has 2 rings (SSSR count). The molecule has 1 saturated heterocycles. The summed E-state index contributed by atoms with van der Waals surface area (Å²) in [5, 5.41) is 9.21. The number of hydrogen-bond acceptors (Lipinski definition) is 3. The van der Waals surface area contributed by atoms with Crippen LogP contribution in [0.1, 0.15) is 36.1 Å². The first-order valence-electron chi connectivity index (χ1n) is 6.03. The van der Waals surface area contributed by atoms with Gasteiger partial charge >= 0.3 is 0 Å². The number of rotatable bonds is 4. The second-order valence-electron chi connectivity index (χ2n) is 4.34. The summed E-state index contributed by atoms with van der Waals surface area (Å²) in [5.41, 5.74) is 2.01. The fourth-order valence-electron chi connectivity index (χ4n) is 1.95. The van der Waals surface area contributed by atoms with Crippen LogP contribution in [0.4, 0.5) is 0 Å². The number of nitriles is 1. The Bertz CT molecular complexity index is 390. The number of thioether (sulfide) groups is 1. The molecule has 1 aliphatic heterocycles. The predicted octanol–water partition coefficient (Wildman–Crippen LogP) is 3.53. The maximum Gasteiger partial charge on any atom is 0.0991 e. The van der Waals surface area contributed by atoms with Gasteiger partial charge in [0.05, 0.1) is 17.7 Å². The monoisotopic (exact) mass is 247 g/mol. The molecule has 1 heterocycles. The van der Waals surface area contributed by atoms with Crippen LogP contribution in [0.15, 0.2) is 24.3 Å².